The number of barbiturate groups is 1. The van der Waals surface area contributed by atoms with Crippen LogP contribution in [0.25, 0.3) is 6.08 Å². The lowest BCUT2D eigenvalue weighted by Crippen LogP contribution is -2.54. The van der Waals surface area contributed by atoms with Crippen LogP contribution in [0.3, 0.4) is 0 Å². The molecule has 1 saturated heterocycles. The van der Waals surface area contributed by atoms with Crippen LogP contribution in [-0.2, 0) is 14.4 Å². The minimum Gasteiger partial charge on any atom is -0.493 e. The van der Waals surface area contributed by atoms with Crippen molar-refractivity contribution < 1.29 is 33.6 Å². The first-order valence-corrected chi connectivity index (χ1v) is 13.1. The molecule has 0 spiro atoms. The number of aryl methyl sites for hydroxylation is 2. The van der Waals surface area contributed by atoms with Crippen LogP contribution >= 0.6 is 22.6 Å². The summed E-state index contributed by atoms with van der Waals surface area (Å²) in [7, 11) is 1.40. The van der Waals surface area contributed by atoms with Crippen molar-refractivity contribution in [2.75, 3.05) is 23.9 Å². The molecule has 3 aromatic rings. The van der Waals surface area contributed by atoms with Crippen molar-refractivity contribution in [1.82, 2.24) is 5.32 Å². The van der Waals surface area contributed by atoms with Gasteiger partial charge in [-0.3, -0.25) is 29.8 Å². The van der Waals surface area contributed by atoms with Gasteiger partial charge in [-0.25, -0.2) is 9.69 Å². The molecular formula is C28H23IN4O8. The van der Waals surface area contributed by atoms with Crippen LogP contribution < -0.4 is 25.0 Å². The zero-order chi connectivity index (χ0) is 29.8. The average molecular weight is 670 g/mol. The molecule has 5 amide bonds. The van der Waals surface area contributed by atoms with Gasteiger partial charge in [-0.2, -0.15) is 0 Å². The Hall–Kier alpha value is -4.79. The quantitative estimate of drug-likeness (QED) is 0.117. The molecule has 0 bridgehead atoms. The van der Waals surface area contributed by atoms with Crippen LogP contribution in [0.15, 0.2) is 60.2 Å². The van der Waals surface area contributed by atoms with Crippen molar-refractivity contribution in [3.63, 3.8) is 0 Å². The van der Waals surface area contributed by atoms with Crippen LogP contribution in [0.1, 0.15) is 16.7 Å². The summed E-state index contributed by atoms with van der Waals surface area (Å²) in [5.74, 6) is -1.66. The van der Waals surface area contributed by atoms with Gasteiger partial charge in [-0.15, -0.1) is 0 Å². The monoisotopic (exact) mass is 670 g/mol. The number of nitro benzene ring substituents is 1. The number of anilines is 2. The lowest BCUT2D eigenvalue weighted by molar-refractivity contribution is -0.384. The van der Waals surface area contributed by atoms with E-state index in [-0.39, 0.29) is 41.0 Å². The van der Waals surface area contributed by atoms with Crippen LogP contribution in [0.2, 0.25) is 0 Å². The summed E-state index contributed by atoms with van der Waals surface area (Å²) in [5.41, 5.74) is 2.52. The summed E-state index contributed by atoms with van der Waals surface area (Å²) in [4.78, 5) is 61.8. The topological polar surface area (TPSA) is 157 Å². The van der Waals surface area contributed by atoms with Crippen molar-refractivity contribution in [2.24, 2.45) is 0 Å². The second-order valence-electron chi connectivity index (χ2n) is 8.92. The molecule has 41 heavy (non-hydrogen) atoms. The van der Waals surface area contributed by atoms with Gasteiger partial charge in [-0.1, -0.05) is 17.7 Å². The van der Waals surface area contributed by atoms with Gasteiger partial charge < -0.3 is 14.8 Å². The Bertz CT molecular complexity index is 1620. The first-order valence-electron chi connectivity index (χ1n) is 12.0. The number of hydrogen-bond donors (Lipinski definition) is 2. The minimum atomic E-state index is -0.985. The van der Waals surface area contributed by atoms with Gasteiger partial charge in [0, 0.05) is 17.8 Å². The second kappa shape index (κ2) is 12.2. The molecule has 2 N–H and O–H groups in total. The number of nitrogens with zero attached hydrogens (tertiary/aromatic N) is 2. The number of hydrogen-bond acceptors (Lipinski definition) is 8. The number of nitrogens with one attached hydrogen (secondary N) is 2. The van der Waals surface area contributed by atoms with E-state index in [2.05, 4.69) is 10.6 Å². The Morgan fingerprint density at radius 3 is 2.44 bits per heavy atom. The van der Waals surface area contributed by atoms with Gasteiger partial charge in [-0.05, 0) is 84.0 Å². The van der Waals surface area contributed by atoms with E-state index < -0.39 is 22.8 Å². The predicted octanol–water partition coefficient (Wildman–Crippen LogP) is 4.51. The molecule has 1 aliphatic heterocycles. The third kappa shape index (κ3) is 6.51. The number of ether oxygens (including phenoxy) is 2. The van der Waals surface area contributed by atoms with Gasteiger partial charge >= 0.3 is 6.03 Å². The maximum atomic E-state index is 13.2. The number of rotatable bonds is 8. The summed E-state index contributed by atoms with van der Waals surface area (Å²) in [6, 6.07) is 12.5. The summed E-state index contributed by atoms with van der Waals surface area (Å²) >= 11 is 1.97. The number of carbonyl (C=O) groups is 4. The van der Waals surface area contributed by atoms with Crippen molar-refractivity contribution >= 4 is 69.5 Å². The number of benzene rings is 3. The standard InChI is InChI=1S/C28H23IN4O8/c1-15-4-9-22(16(2)10-15)30-24(34)14-41-25-21(29)12-17(13-23(25)40-3)11-20-26(35)31-28(37)32(27(20)36)18-5-7-19(8-6-18)33(38)39/h4-13H,14H2,1-3H3,(H,30,34)(H,31,35,37)/b20-11-. The number of imide groups is 2. The van der Waals surface area contributed by atoms with Crippen molar-refractivity contribution in [1.29, 1.82) is 0 Å². The summed E-state index contributed by atoms with van der Waals surface area (Å²) in [6.07, 6.45) is 1.28. The Balaban J connectivity index is 1.55. The van der Waals surface area contributed by atoms with Crippen molar-refractivity contribution in [3.05, 3.63) is 90.5 Å². The number of urea groups is 1. The number of non-ortho nitro benzene ring substituents is 1. The normalized spacial score (nSPS) is 14.1. The molecule has 1 fully saturated rings. The smallest absolute Gasteiger partial charge is 0.335 e. The Morgan fingerprint density at radius 2 is 1.80 bits per heavy atom. The molecule has 0 radical (unpaired) electrons. The van der Waals surface area contributed by atoms with E-state index in [1.165, 1.54) is 31.4 Å². The maximum Gasteiger partial charge on any atom is 0.335 e. The molecular weight excluding hydrogens is 647 g/mol. The lowest BCUT2D eigenvalue weighted by Gasteiger charge is -2.26. The largest absolute Gasteiger partial charge is 0.493 e. The number of carbonyl (C=O) groups excluding carboxylic acids is 4. The van der Waals surface area contributed by atoms with Crippen LogP contribution in [0.5, 0.6) is 11.5 Å². The molecule has 1 aliphatic rings. The zero-order valence-corrected chi connectivity index (χ0v) is 24.2. The fourth-order valence-corrected chi connectivity index (χ4v) is 4.80. The lowest BCUT2D eigenvalue weighted by atomic mass is 10.1. The average Bonchev–Trinajstić information content (AvgIpc) is 2.92. The zero-order valence-electron chi connectivity index (χ0n) is 22.0. The minimum absolute atomic E-state index is 0.0477. The Morgan fingerprint density at radius 1 is 1.10 bits per heavy atom. The van der Waals surface area contributed by atoms with E-state index in [1.54, 1.807) is 6.07 Å². The van der Waals surface area contributed by atoms with E-state index in [4.69, 9.17) is 9.47 Å². The first-order chi connectivity index (χ1) is 19.5. The summed E-state index contributed by atoms with van der Waals surface area (Å²) < 4.78 is 11.7. The fourth-order valence-electron chi connectivity index (χ4n) is 4.02. The van der Waals surface area contributed by atoms with Crippen LogP contribution in [0.4, 0.5) is 21.9 Å². The highest BCUT2D eigenvalue weighted by Gasteiger charge is 2.37. The first kappa shape index (κ1) is 29.2. The van der Waals surface area contributed by atoms with E-state index in [0.29, 0.717) is 19.7 Å². The molecule has 0 atom stereocenters. The van der Waals surface area contributed by atoms with Crippen molar-refractivity contribution in [3.8, 4) is 11.5 Å². The highest BCUT2D eigenvalue weighted by molar-refractivity contribution is 14.1. The molecule has 210 valence electrons. The fraction of sp³-hybridized carbons (Fsp3) is 0.143. The SMILES string of the molecule is COc1cc(/C=C2/C(=O)NC(=O)N(c3ccc([N+](=O)[O-])cc3)C2=O)cc(I)c1OCC(=O)Nc1ccc(C)cc1C. The number of methoxy groups -OCH3 is 1. The third-order valence-electron chi connectivity index (χ3n) is 5.99. The van der Waals surface area contributed by atoms with Gasteiger partial charge in [0.25, 0.3) is 23.4 Å². The molecule has 12 nitrogen and oxygen atoms in total. The van der Waals surface area contributed by atoms with E-state index >= 15 is 0 Å². The maximum absolute atomic E-state index is 13.2. The van der Waals surface area contributed by atoms with Gasteiger partial charge in [0.05, 0.1) is 21.3 Å². The van der Waals surface area contributed by atoms with Gasteiger partial charge in [0.1, 0.15) is 5.57 Å². The number of halogens is 1. The summed E-state index contributed by atoms with van der Waals surface area (Å²) in [6.45, 7) is 3.55. The molecule has 4 rings (SSSR count). The van der Waals surface area contributed by atoms with Crippen LogP contribution in [0, 0.1) is 27.5 Å². The highest BCUT2D eigenvalue weighted by atomic mass is 127. The number of nitro groups is 1. The predicted molar refractivity (Wildman–Crippen MR) is 158 cm³/mol. The van der Waals surface area contributed by atoms with E-state index in [1.807, 2.05) is 54.6 Å². The Kier molecular flexibility index (Phi) is 8.66. The van der Waals surface area contributed by atoms with Crippen LogP contribution in [-0.4, -0.2) is 42.4 Å². The second-order valence-corrected chi connectivity index (χ2v) is 10.1. The molecule has 0 aromatic heterocycles. The Labute approximate surface area is 247 Å². The molecule has 3 aromatic carbocycles. The molecule has 0 saturated carbocycles. The van der Waals surface area contributed by atoms with Gasteiger partial charge in [0.15, 0.2) is 18.1 Å². The third-order valence-corrected chi connectivity index (χ3v) is 6.79. The molecule has 13 heteroatoms. The summed E-state index contributed by atoms with van der Waals surface area (Å²) in [5, 5.41) is 15.9. The molecule has 0 aliphatic carbocycles. The highest BCUT2D eigenvalue weighted by Crippen LogP contribution is 2.35. The molecule has 1 heterocycles. The number of amides is 5. The van der Waals surface area contributed by atoms with E-state index in [0.717, 1.165) is 23.3 Å². The molecule has 0 unspecified atom stereocenters. The van der Waals surface area contributed by atoms with Gasteiger partial charge in [0.2, 0.25) is 0 Å². The van der Waals surface area contributed by atoms with Crippen molar-refractivity contribution in [2.45, 2.75) is 13.8 Å². The van der Waals surface area contributed by atoms with E-state index in [9.17, 15) is 29.3 Å².